The number of carbonyl (C=O) groups excluding carboxylic acids is 1. The van der Waals surface area contributed by atoms with Crippen molar-refractivity contribution in [1.82, 2.24) is 0 Å². The first-order valence-electron chi connectivity index (χ1n) is 5.70. The van der Waals surface area contributed by atoms with E-state index in [0.717, 1.165) is 22.3 Å². The van der Waals surface area contributed by atoms with Gasteiger partial charge in [0.2, 0.25) is 0 Å². The highest BCUT2D eigenvalue weighted by Crippen LogP contribution is 2.26. The summed E-state index contributed by atoms with van der Waals surface area (Å²) >= 11 is 0. The highest BCUT2D eigenvalue weighted by atomic mass is 16.7. The lowest BCUT2D eigenvalue weighted by Gasteiger charge is -2.09. The van der Waals surface area contributed by atoms with Crippen LogP contribution >= 0.6 is 0 Å². The van der Waals surface area contributed by atoms with Gasteiger partial charge in [-0.05, 0) is 31.0 Å². The maximum Gasteiger partial charge on any atom is 0.357 e. The van der Waals surface area contributed by atoms with Gasteiger partial charge in [0.25, 0.3) is 0 Å². The van der Waals surface area contributed by atoms with Crippen LogP contribution in [0.25, 0.3) is 11.1 Å². The van der Waals surface area contributed by atoms with Crippen LogP contribution in [0.4, 0.5) is 0 Å². The largest absolute Gasteiger partial charge is 0.370 e. The van der Waals surface area contributed by atoms with Crippen LogP contribution < -0.4 is 5.90 Å². The molecule has 2 aromatic rings. The van der Waals surface area contributed by atoms with Crippen LogP contribution in [0.1, 0.15) is 21.5 Å². The average Bonchev–Trinajstić information content (AvgIpc) is 2.36. The van der Waals surface area contributed by atoms with Crippen LogP contribution in [0.3, 0.4) is 0 Å². The van der Waals surface area contributed by atoms with Crippen molar-refractivity contribution in [1.29, 1.82) is 0 Å². The molecule has 0 atom stereocenters. The first-order valence-corrected chi connectivity index (χ1v) is 5.70. The van der Waals surface area contributed by atoms with E-state index >= 15 is 0 Å². The number of aryl methyl sites for hydroxylation is 2. The SMILES string of the molecule is Cc1cc(C)cc(-c2ccccc2C(=O)ON)c1. The minimum absolute atomic E-state index is 0.477. The Kier molecular flexibility index (Phi) is 3.44. The van der Waals surface area contributed by atoms with Crippen LogP contribution in [0, 0.1) is 13.8 Å². The zero-order valence-corrected chi connectivity index (χ0v) is 10.4. The molecule has 0 saturated carbocycles. The second-order valence-electron chi connectivity index (χ2n) is 4.33. The minimum atomic E-state index is -0.523. The second-order valence-corrected chi connectivity index (χ2v) is 4.33. The molecule has 0 saturated heterocycles. The summed E-state index contributed by atoms with van der Waals surface area (Å²) in [5.74, 6) is 4.44. The Morgan fingerprint density at radius 1 is 1.06 bits per heavy atom. The van der Waals surface area contributed by atoms with Crippen LogP contribution in [-0.4, -0.2) is 5.97 Å². The van der Waals surface area contributed by atoms with Crippen LogP contribution in [0.15, 0.2) is 42.5 Å². The Balaban J connectivity index is 2.60. The van der Waals surface area contributed by atoms with Gasteiger partial charge in [0.05, 0.1) is 5.56 Å². The normalized spacial score (nSPS) is 10.2. The fourth-order valence-corrected chi connectivity index (χ4v) is 2.11. The van der Waals surface area contributed by atoms with E-state index in [1.165, 1.54) is 0 Å². The molecular formula is C15H15NO2. The van der Waals surface area contributed by atoms with E-state index in [9.17, 15) is 4.79 Å². The standard InChI is InChI=1S/C15H15NO2/c1-10-7-11(2)9-12(8-10)13-5-3-4-6-14(13)15(17)18-16/h3-9H,16H2,1-2H3. The molecular weight excluding hydrogens is 226 g/mol. The van der Waals surface area contributed by atoms with Gasteiger partial charge in [-0.2, -0.15) is 5.90 Å². The molecule has 0 radical (unpaired) electrons. The smallest absolute Gasteiger partial charge is 0.357 e. The van der Waals surface area contributed by atoms with Gasteiger partial charge in [0, 0.05) is 0 Å². The topological polar surface area (TPSA) is 52.3 Å². The monoisotopic (exact) mass is 241 g/mol. The number of nitrogens with two attached hydrogens (primary N) is 1. The summed E-state index contributed by atoms with van der Waals surface area (Å²) in [5, 5.41) is 0. The second kappa shape index (κ2) is 5.02. The van der Waals surface area contributed by atoms with E-state index < -0.39 is 5.97 Å². The lowest BCUT2D eigenvalue weighted by molar-refractivity contribution is 0.0504. The number of rotatable bonds is 2. The van der Waals surface area contributed by atoms with Crippen molar-refractivity contribution in [2.45, 2.75) is 13.8 Å². The first kappa shape index (κ1) is 12.3. The molecule has 0 amide bonds. The van der Waals surface area contributed by atoms with Crippen molar-refractivity contribution in [2.75, 3.05) is 0 Å². The average molecular weight is 241 g/mol. The van der Waals surface area contributed by atoms with Gasteiger partial charge in [-0.15, -0.1) is 0 Å². The molecule has 0 aliphatic heterocycles. The van der Waals surface area contributed by atoms with Crippen molar-refractivity contribution in [2.24, 2.45) is 5.90 Å². The minimum Gasteiger partial charge on any atom is -0.370 e. The molecule has 0 unspecified atom stereocenters. The first-order chi connectivity index (χ1) is 8.61. The predicted molar refractivity (Wildman–Crippen MR) is 71.0 cm³/mol. The summed E-state index contributed by atoms with van der Waals surface area (Å²) in [4.78, 5) is 16.0. The molecule has 0 spiro atoms. The number of hydrogen-bond acceptors (Lipinski definition) is 3. The van der Waals surface area contributed by atoms with Gasteiger partial charge in [-0.1, -0.05) is 47.5 Å². The highest BCUT2D eigenvalue weighted by Gasteiger charge is 2.13. The van der Waals surface area contributed by atoms with E-state index in [1.807, 2.05) is 38.1 Å². The molecule has 92 valence electrons. The van der Waals surface area contributed by atoms with Crippen molar-refractivity contribution >= 4 is 5.97 Å². The van der Waals surface area contributed by atoms with E-state index in [1.54, 1.807) is 12.1 Å². The molecule has 0 aliphatic rings. The predicted octanol–water partition coefficient (Wildman–Crippen LogP) is 3.00. The van der Waals surface area contributed by atoms with Crippen molar-refractivity contribution in [3.63, 3.8) is 0 Å². The van der Waals surface area contributed by atoms with E-state index in [2.05, 4.69) is 10.9 Å². The Morgan fingerprint density at radius 3 is 2.28 bits per heavy atom. The molecule has 0 aromatic heterocycles. The summed E-state index contributed by atoms with van der Waals surface area (Å²) < 4.78 is 0. The lowest BCUT2D eigenvalue weighted by Crippen LogP contribution is -2.11. The zero-order valence-electron chi connectivity index (χ0n) is 10.4. The van der Waals surface area contributed by atoms with Gasteiger partial charge < -0.3 is 4.84 Å². The van der Waals surface area contributed by atoms with E-state index in [4.69, 9.17) is 5.90 Å². The molecule has 3 heteroatoms. The Hall–Kier alpha value is -2.13. The number of carbonyl (C=O) groups is 1. The van der Waals surface area contributed by atoms with Gasteiger partial charge in [0.15, 0.2) is 0 Å². The Bertz CT molecular complexity index is 571. The maximum absolute atomic E-state index is 11.6. The summed E-state index contributed by atoms with van der Waals surface area (Å²) in [6.07, 6.45) is 0. The molecule has 18 heavy (non-hydrogen) atoms. The van der Waals surface area contributed by atoms with E-state index in [0.29, 0.717) is 5.56 Å². The van der Waals surface area contributed by atoms with Crippen molar-refractivity contribution < 1.29 is 9.63 Å². The molecule has 3 nitrogen and oxygen atoms in total. The maximum atomic E-state index is 11.6. The van der Waals surface area contributed by atoms with E-state index in [-0.39, 0.29) is 0 Å². The molecule has 0 fully saturated rings. The van der Waals surface area contributed by atoms with Gasteiger partial charge >= 0.3 is 5.97 Å². The van der Waals surface area contributed by atoms with Crippen molar-refractivity contribution in [3.8, 4) is 11.1 Å². The van der Waals surface area contributed by atoms with Crippen LogP contribution in [0.2, 0.25) is 0 Å². The van der Waals surface area contributed by atoms with Gasteiger partial charge in [-0.25, -0.2) is 4.79 Å². The zero-order chi connectivity index (χ0) is 13.1. The fraction of sp³-hybridized carbons (Fsp3) is 0.133. The summed E-state index contributed by atoms with van der Waals surface area (Å²) in [5.41, 5.74) is 4.61. The molecule has 0 bridgehead atoms. The lowest BCUT2D eigenvalue weighted by atomic mass is 9.97. The Morgan fingerprint density at radius 2 is 1.67 bits per heavy atom. The van der Waals surface area contributed by atoms with Crippen LogP contribution in [-0.2, 0) is 4.84 Å². The number of benzene rings is 2. The molecule has 2 N–H and O–H groups in total. The van der Waals surface area contributed by atoms with Gasteiger partial charge in [-0.3, -0.25) is 0 Å². The summed E-state index contributed by atoms with van der Waals surface area (Å²) in [6, 6.07) is 13.4. The molecule has 2 rings (SSSR count). The summed E-state index contributed by atoms with van der Waals surface area (Å²) in [6.45, 7) is 4.06. The third-order valence-electron chi connectivity index (χ3n) is 2.79. The highest BCUT2D eigenvalue weighted by molar-refractivity contribution is 5.97. The van der Waals surface area contributed by atoms with Gasteiger partial charge in [0.1, 0.15) is 0 Å². The van der Waals surface area contributed by atoms with Crippen molar-refractivity contribution in [3.05, 3.63) is 59.2 Å². The quantitative estimate of drug-likeness (QED) is 0.822. The molecule has 0 aliphatic carbocycles. The third kappa shape index (κ3) is 2.41. The van der Waals surface area contributed by atoms with Crippen LogP contribution in [0.5, 0.6) is 0 Å². The fourth-order valence-electron chi connectivity index (χ4n) is 2.11. The molecule has 0 heterocycles. The number of hydrogen-bond donors (Lipinski definition) is 1. The molecule has 2 aromatic carbocycles. The Labute approximate surface area is 106 Å². The third-order valence-corrected chi connectivity index (χ3v) is 2.79. The summed E-state index contributed by atoms with van der Waals surface area (Å²) in [7, 11) is 0.